The van der Waals surface area contributed by atoms with Crippen LogP contribution in [-0.2, 0) is 0 Å². The number of hydrogen-bond acceptors (Lipinski definition) is 3. The van der Waals surface area contributed by atoms with E-state index in [1.54, 1.807) is 11.3 Å². The van der Waals surface area contributed by atoms with E-state index in [0.717, 1.165) is 27.2 Å². The predicted molar refractivity (Wildman–Crippen MR) is 224 cm³/mol. The molecule has 5 heteroatoms. The monoisotopic (exact) mass is 692 g/mol. The zero-order valence-electron chi connectivity index (χ0n) is 28.4. The SMILES string of the molecule is c1ccc(-n2c3ccccc3c3cc(-c4ccc5c(c4)c4ccccc4n5-c4cnc5c(n4)sc4c6ccccc6c6ccccc6c54)ccc32)cc1. The molecule has 4 heterocycles. The van der Waals surface area contributed by atoms with E-state index in [4.69, 9.17) is 9.97 Å². The Morgan fingerprint density at radius 2 is 0.925 bits per heavy atom. The van der Waals surface area contributed by atoms with Gasteiger partial charge in [-0.1, -0.05) is 115 Å². The Hall–Kier alpha value is -6.82. The highest BCUT2D eigenvalue weighted by Crippen LogP contribution is 2.43. The number of nitrogens with zero attached hydrogens (tertiary/aromatic N) is 4. The first kappa shape index (κ1) is 28.8. The van der Waals surface area contributed by atoms with Gasteiger partial charge in [-0.25, -0.2) is 9.97 Å². The fourth-order valence-corrected chi connectivity index (χ4v) is 9.85. The van der Waals surface area contributed by atoms with Crippen molar-refractivity contribution < 1.29 is 0 Å². The third-order valence-electron chi connectivity index (χ3n) is 11.0. The number of thiophene rings is 1. The van der Waals surface area contributed by atoms with Gasteiger partial charge in [0.05, 0.1) is 28.3 Å². The fraction of sp³-hybridized carbons (Fsp3) is 0. The molecular formula is C48H28N4S. The van der Waals surface area contributed by atoms with Crippen LogP contribution >= 0.6 is 11.3 Å². The van der Waals surface area contributed by atoms with Crippen LogP contribution in [0.15, 0.2) is 170 Å². The number of benzene rings is 8. The molecular weight excluding hydrogens is 665 g/mol. The molecule has 0 aliphatic carbocycles. The summed E-state index contributed by atoms with van der Waals surface area (Å²) in [6.07, 6.45) is 1.95. The summed E-state index contributed by atoms with van der Waals surface area (Å²) in [4.78, 5) is 11.5. The Kier molecular flexibility index (Phi) is 5.90. The molecule has 0 aliphatic heterocycles. The molecule has 0 amide bonds. The van der Waals surface area contributed by atoms with Crippen molar-refractivity contribution in [3.05, 3.63) is 170 Å². The standard InChI is InChI=1S/C48H28N4S/c1-2-12-31(13-3-1)51-40-20-10-8-16-34(40)38-26-29(22-24-42(38)51)30-23-25-43-39(27-30)35-17-9-11-21-41(35)52(43)44-28-49-46-45-36-18-6-4-14-32(36)33-15-5-7-19-37(33)47(45)53-48(46)50-44/h1-28H. The second-order valence-corrected chi connectivity index (χ2v) is 14.8. The van der Waals surface area contributed by atoms with E-state index < -0.39 is 0 Å². The zero-order chi connectivity index (χ0) is 34.6. The molecule has 0 spiro atoms. The number of aromatic nitrogens is 4. The van der Waals surface area contributed by atoms with Crippen LogP contribution in [0.3, 0.4) is 0 Å². The van der Waals surface area contributed by atoms with Gasteiger partial charge in [0.1, 0.15) is 10.3 Å². The first-order chi connectivity index (χ1) is 26.3. The van der Waals surface area contributed by atoms with Crippen LogP contribution in [-0.4, -0.2) is 19.1 Å². The Bertz CT molecular complexity index is 3460. The van der Waals surface area contributed by atoms with E-state index in [9.17, 15) is 0 Å². The van der Waals surface area contributed by atoms with Crippen LogP contribution in [0.5, 0.6) is 0 Å². The molecule has 0 saturated carbocycles. The number of hydrogen-bond donors (Lipinski definition) is 0. The Balaban J connectivity index is 1.05. The van der Waals surface area contributed by atoms with E-state index in [0.29, 0.717) is 0 Å². The van der Waals surface area contributed by atoms with Crippen LogP contribution in [0.1, 0.15) is 0 Å². The van der Waals surface area contributed by atoms with Crippen LogP contribution in [0.25, 0.3) is 108 Å². The zero-order valence-corrected chi connectivity index (χ0v) is 29.2. The van der Waals surface area contributed by atoms with Gasteiger partial charge in [-0.3, -0.25) is 4.57 Å². The topological polar surface area (TPSA) is 35.6 Å². The molecule has 53 heavy (non-hydrogen) atoms. The Labute approximate surface area is 307 Å². The fourth-order valence-electron chi connectivity index (χ4n) is 8.67. The second-order valence-electron chi connectivity index (χ2n) is 13.8. The maximum atomic E-state index is 5.36. The molecule has 0 atom stereocenters. The van der Waals surface area contributed by atoms with E-state index in [1.165, 1.54) is 81.0 Å². The molecule has 0 N–H and O–H groups in total. The molecule has 12 rings (SSSR count). The van der Waals surface area contributed by atoms with Crippen molar-refractivity contribution in [2.75, 3.05) is 0 Å². The molecule has 12 aromatic rings. The van der Waals surface area contributed by atoms with E-state index in [2.05, 4.69) is 173 Å². The van der Waals surface area contributed by atoms with Crippen molar-refractivity contribution in [2.45, 2.75) is 0 Å². The summed E-state index contributed by atoms with van der Waals surface area (Å²) in [5, 5.41) is 11.1. The number of rotatable bonds is 3. The van der Waals surface area contributed by atoms with Crippen molar-refractivity contribution in [3.8, 4) is 22.6 Å². The summed E-state index contributed by atoms with van der Waals surface area (Å²) in [5.41, 5.74) is 9.15. The highest BCUT2D eigenvalue weighted by atomic mass is 32.1. The van der Waals surface area contributed by atoms with Gasteiger partial charge in [-0.15, -0.1) is 11.3 Å². The second kappa shape index (κ2) is 10.8. The normalized spacial score (nSPS) is 12.2. The Morgan fingerprint density at radius 3 is 1.60 bits per heavy atom. The van der Waals surface area contributed by atoms with Gasteiger partial charge in [0, 0.05) is 42.7 Å². The maximum Gasteiger partial charge on any atom is 0.157 e. The van der Waals surface area contributed by atoms with Gasteiger partial charge in [0.2, 0.25) is 0 Å². The summed E-state index contributed by atoms with van der Waals surface area (Å²) in [5.74, 6) is 0.826. The van der Waals surface area contributed by atoms with Gasteiger partial charge >= 0.3 is 0 Å². The summed E-state index contributed by atoms with van der Waals surface area (Å²) in [6.45, 7) is 0. The van der Waals surface area contributed by atoms with Crippen LogP contribution < -0.4 is 0 Å². The summed E-state index contributed by atoms with van der Waals surface area (Å²) >= 11 is 1.74. The molecule has 0 unspecified atom stereocenters. The lowest BCUT2D eigenvalue weighted by Gasteiger charge is -2.09. The minimum Gasteiger partial charge on any atom is -0.309 e. The van der Waals surface area contributed by atoms with Gasteiger partial charge in [-0.2, -0.15) is 0 Å². The highest BCUT2D eigenvalue weighted by Gasteiger charge is 2.20. The Morgan fingerprint density at radius 1 is 0.415 bits per heavy atom. The first-order valence-electron chi connectivity index (χ1n) is 17.9. The first-order valence-corrected chi connectivity index (χ1v) is 18.7. The molecule has 0 aliphatic rings. The minimum absolute atomic E-state index is 0.826. The average molecular weight is 693 g/mol. The third-order valence-corrected chi connectivity index (χ3v) is 12.1. The van der Waals surface area contributed by atoms with Gasteiger partial charge in [0.15, 0.2) is 5.82 Å². The van der Waals surface area contributed by atoms with E-state index in [1.807, 2.05) is 6.20 Å². The lowest BCUT2D eigenvalue weighted by Crippen LogP contribution is -1.98. The van der Waals surface area contributed by atoms with Crippen LogP contribution in [0.2, 0.25) is 0 Å². The van der Waals surface area contributed by atoms with Crippen LogP contribution in [0.4, 0.5) is 0 Å². The van der Waals surface area contributed by atoms with Crippen molar-refractivity contribution in [1.82, 2.24) is 19.1 Å². The van der Waals surface area contributed by atoms with Crippen molar-refractivity contribution in [3.63, 3.8) is 0 Å². The number of fused-ring (bicyclic) bond motifs is 14. The molecule has 0 bridgehead atoms. The molecule has 4 aromatic heterocycles. The van der Waals surface area contributed by atoms with Crippen LogP contribution in [0, 0.1) is 0 Å². The largest absolute Gasteiger partial charge is 0.309 e. The van der Waals surface area contributed by atoms with Crippen molar-refractivity contribution >= 4 is 96.9 Å². The molecule has 0 saturated heterocycles. The molecule has 0 radical (unpaired) electrons. The average Bonchev–Trinajstić information content (AvgIpc) is 3.89. The number of para-hydroxylation sites is 3. The minimum atomic E-state index is 0.826. The molecule has 4 nitrogen and oxygen atoms in total. The van der Waals surface area contributed by atoms with Gasteiger partial charge in [0.25, 0.3) is 0 Å². The lowest BCUT2D eigenvalue weighted by atomic mass is 9.98. The van der Waals surface area contributed by atoms with Gasteiger partial charge < -0.3 is 4.57 Å². The quantitative estimate of drug-likeness (QED) is 0.173. The summed E-state index contributed by atoms with van der Waals surface area (Å²) in [6, 6.07) is 59.1. The third kappa shape index (κ3) is 4.05. The smallest absolute Gasteiger partial charge is 0.157 e. The van der Waals surface area contributed by atoms with Gasteiger partial charge in [-0.05, 0) is 75.8 Å². The summed E-state index contributed by atoms with van der Waals surface area (Å²) in [7, 11) is 0. The van der Waals surface area contributed by atoms with E-state index in [-0.39, 0.29) is 0 Å². The predicted octanol–water partition coefficient (Wildman–Crippen LogP) is 13.0. The van der Waals surface area contributed by atoms with Crippen molar-refractivity contribution in [2.24, 2.45) is 0 Å². The molecule has 246 valence electrons. The molecule has 8 aromatic carbocycles. The highest BCUT2D eigenvalue weighted by molar-refractivity contribution is 7.26. The lowest BCUT2D eigenvalue weighted by molar-refractivity contribution is 1.08. The van der Waals surface area contributed by atoms with Crippen molar-refractivity contribution in [1.29, 1.82) is 0 Å². The maximum absolute atomic E-state index is 5.36. The van der Waals surface area contributed by atoms with E-state index >= 15 is 0 Å². The molecule has 0 fully saturated rings. The summed E-state index contributed by atoms with van der Waals surface area (Å²) < 4.78 is 5.88.